The van der Waals surface area contributed by atoms with Crippen LogP contribution in [0.1, 0.15) is 168 Å². The molecule has 0 fully saturated rings. The van der Waals surface area contributed by atoms with E-state index in [0.29, 0.717) is 6.61 Å². The molecule has 0 aromatic rings. The zero-order valence-corrected chi connectivity index (χ0v) is 33.2. The molecule has 5 nitrogen and oxygen atoms in total. The lowest BCUT2D eigenvalue weighted by Gasteiger charge is -2.18. The summed E-state index contributed by atoms with van der Waals surface area (Å²) in [6, 6.07) is 0. The molecule has 1 unspecified atom stereocenters. The smallest absolute Gasteiger partial charge is 0.107 e. The van der Waals surface area contributed by atoms with Crippen LogP contribution in [0.15, 0.2) is 48.6 Å². The van der Waals surface area contributed by atoms with Crippen LogP contribution in [0.3, 0.4) is 0 Å². The summed E-state index contributed by atoms with van der Waals surface area (Å²) in [5.41, 5.74) is 11.2. The van der Waals surface area contributed by atoms with Crippen molar-refractivity contribution in [3.63, 3.8) is 0 Å². The molecule has 0 aromatic heterocycles. The van der Waals surface area contributed by atoms with E-state index < -0.39 is 6.29 Å². The van der Waals surface area contributed by atoms with Crippen molar-refractivity contribution in [2.45, 2.75) is 180 Å². The van der Waals surface area contributed by atoms with Crippen LogP contribution in [0.25, 0.3) is 0 Å². The molecule has 0 spiro atoms. The van der Waals surface area contributed by atoms with Gasteiger partial charge in [0.15, 0.2) is 0 Å². The molecular formula is C41H79N3O2S2. The predicted octanol–water partition coefficient (Wildman–Crippen LogP) is 12.1. The Labute approximate surface area is 307 Å². The minimum Gasteiger partial charge on any atom is -0.379 e. The molecule has 0 aliphatic carbocycles. The number of nitrogens with two attached hydrogens (primary N) is 2. The molecule has 48 heavy (non-hydrogen) atoms. The Kier molecular flexibility index (Phi) is 42.1. The average Bonchev–Trinajstić information content (AvgIpc) is 3.08. The number of allylic oxidation sites excluding steroid dienone is 8. The fourth-order valence-electron chi connectivity index (χ4n) is 5.19. The van der Waals surface area contributed by atoms with Crippen molar-refractivity contribution >= 4 is 21.6 Å². The Balaban J connectivity index is 3.84. The van der Waals surface area contributed by atoms with Crippen LogP contribution < -0.4 is 16.8 Å². The van der Waals surface area contributed by atoms with Gasteiger partial charge in [0.25, 0.3) is 0 Å². The Morgan fingerprint density at radius 1 is 0.521 bits per heavy atom. The number of hydrogen-bond acceptors (Lipinski definition) is 7. The Hall–Kier alpha value is -0.540. The number of unbranched alkanes of at least 4 members (excludes halogenated alkanes) is 18. The highest BCUT2D eigenvalue weighted by Crippen LogP contribution is 2.22. The summed E-state index contributed by atoms with van der Waals surface area (Å²) in [5, 5.41) is 3.04. The van der Waals surface area contributed by atoms with Gasteiger partial charge in [0, 0.05) is 19.0 Å². The standard InChI is InChI=1S/C41H79N3O2S2/c1-3-5-7-9-11-13-15-17-19-21-23-25-27-29-31-33-35-45-37-40(38-47-48-39-44-41(42)43)46-36-34-32-30-28-26-24-22-20-18-16-14-12-10-8-6-4-2/h11-14,17-20,40-41,44H,3-10,15-16,21-39,42-43H2,1-2H3/b13-11-,14-12-,19-17-,20-18-. The van der Waals surface area contributed by atoms with E-state index in [2.05, 4.69) is 67.8 Å². The van der Waals surface area contributed by atoms with E-state index in [1.54, 1.807) is 21.6 Å². The molecule has 0 radical (unpaired) electrons. The molecule has 0 heterocycles. The van der Waals surface area contributed by atoms with Crippen LogP contribution in [0.2, 0.25) is 0 Å². The second-order valence-electron chi connectivity index (χ2n) is 13.0. The molecule has 5 N–H and O–H groups in total. The summed E-state index contributed by atoms with van der Waals surface area (Å²) in [5.74, 6) is 1.65. The fourth-order valence-corrected chi connectivity index (χ4v) is 7.17. The van der Waals surface area contributed by atoms with Crippen molar-refractivity contribution < 1.29 is 9.47 Å². The normalized spacial score (nSPS) is 13.1. The van der Waals surface area contributed by atoms with E-state index >= 15 is 0 Å². The van der Waals surface area contributed by atoms with Crippen molar-refractivity contribution in [1.29, 1.82) is 0 Å². The maximum Gasteiger partial charge on any atom is 0.107 e. The van der Waals surface area contributed by atoms with Crippen LogP contribution >= 0.6 is 21.6 Å². The lowest BCUT2D eigenvalue weighted by Crippen LogP contribution is -2.44. The van der Waals surface area contributed by atoms with E-state index in [-0.39, 0.29) is 6.10 Å². The molecule has 0 aromatic carbocycles. The first kappa shape index (κ1) is 47.5. The molecule has 0 aliphatic rings. The second kappa shape index (κ2) is 42.6. The van der Waals surface area contributed by atoms with Crippen LogP contribution in [-0.4, -0.2) is 43.8 Å². The Morgan fingerprint density at radius 2 is 0.958 bits per heavy atom. The summed E-state index contributed by atoms with van der Waals surface area (Å²) < 4.78 is 12.3. The van der Waals surface area contributed by atoms with Crippen molar-refractivity contribution in [3.8, 4) is 0 Å². The van der Waals surface area contributed by atoms with E-state index in [9.17, 15) is 0 Å². The Morgan fingerprint density at radius 3 is 1.44 bits per heavy atom. The van der Waals surface area contributed by atoms with Gasteiger partial charge in [-0.25, -0.2) is 0 Å². The monoisotopic (exact) mass is 710 g/mol. The molecule has 1 atom stereocenters. The molecule has 0 saturated heterocycles. The van der Waals surface area contributed by atoms with Gasteiger partial charge in [0.05, 0.1) is 18.6 Å². The number of hydrogen-bond donors (Lipinski definition) is 3. The third kappa shape index (κ3) is 41.6. The number of nitrogens with one attached hydrogen (secondary N) is 1. The van der Waals surface area contributed by atoms with Crippen molar-refractivity contribution in [3.05, 3.63) is 48.6 Å². The van der Waals surface area contributed by atoms with Gasteiger partial charge in [-0.3, -0.25) is 5.32 Å². The first-order valence-electron chi connectivity index (χ1n) is 20.0. The zero-order valence-electron chi connectivity index (χ0n) is 31.6. The third-order valence-corrected chi connectivity index (χ3v) is 10.4. The van der Waals surface area contributed by atoms with Crippen molar-refractivity contribution in [2.24, 2.45) is 11.5 Å². The minimum atomic E-state index is -0.466. The van der Waals surface area contributed by atoms with Gasteiger partial charge in [-0.15, -0.1) is 0 Å². The van der Waals surface area contributed by atoms with E-state index in [1.807, 2.05) is 0 Å². The van der Waals surface area contributed by atoms with E-state index in [0.717, 1.165) is 50.5 Å². The summed E-state index contributed by atoms with van der Waals surface area (Å²) in [7, 11) is 3.54. The summed E-state index contributed by atoms with van der Waals surface area (Å²) in [6.07, 6.45) is 48.7. The highest BCUT2D eigenvalue weighted by atomic mass is 33.1. The molecule has 0 rings (SSSR count). The van der Waals surface area contributed by atoms with E-state index in [4.69, 9.17) is 20.9 Å². The first-order valence-corrected chi connectivity index (χ1v) is 22.5. The van der Waals surface area contributed by atoms with Crippen LogP contribution in [0.5, 0.6) is 0 Å². The van der Waals surface area contributed by atoms with Gasteiger partial charge in [-0.1, -0.05) is 161 Å². The largest absolute Gasteiger partial charge is 0.379 e. The predicted molar refractivity (Wildman–Crippen MR) is 219 cm³/mol. The first-order chi connectivity index (χ1) is 23.7. The van der Waals surface area contributed by atoms with Crippen molar-refractivity contribution in [1.82, 2.24) is 5.32 Å². The maximum absolute atomic E-state index is 6.27. The summed E-state index contributed by atoms with van der Waals surface area (Å²) >= 11 is 0. The molecular weight excluding hydrogens is 631 g/mol. The zero-order chi connectivity index (χ0) is 34.9. The molecule has 282 valence electrons. The highest BCUT2D eigenvalue weighted by molar-refractivity contribution is 8.76. The third-order valence-electron chi connectivity index (χ3n) is 8.21. The molecule has 0 aliphatic heterocycles. The molecule has 0 saturated carbocycles. The van der Waals surface area contributed by atoms with Gasteiger partial charge >= 0.3 is 0 Å². The van der Waals surface area contributed by atoms with Crippen LogP contribution in [-0.2, 0) is 9.47 Å². The lowest BCUT2D eigenvalue weighted by molar-refractivity contribution is -0.00609. The lowest BCUT2D eigenvalue weighted by atomic mass is 10.1. The number of rotatable bonds is 39. The molecule has 0 amide bonds. The maximum atomic E-state index is 6.27. The van der Waals surface area contributed by atoms with Gasteiger partial charge in [0.2, 0.25) is 0 Å². The topological polar surface area (TPSA) is 82.5 Å². The van der Waals surface area contributed by atoms with Gasteiger partial charge < -0.3 is 20.9 Å². The Bertz CT molecular complexity index is 730. The van der Waals surface area contributed by atoms with E-state index in [1.165, 1.54) is 128 Å². The SMILES string of the molecule is CCCCC/C=C\C/C=C\CCCCCCCCOCC(CSSCNC(N)N)OCCCCCCCC/C=C\C/C=C\CCCCC. The van der Waals surface area contributed by atoms with Gasteiger partial charge in [-0.05, 0) is 77.0 Å². The van der Waals surface area contributed by atoms with Gasteiger partial charge in [-0.2, -0.15) is 0 Å². The summed E-state index contributed by atoms with van der Waals surface area (Å²) in [6.45, 7) is 6.86. The van der Waals surface area contributed by atoms with Crippen LogP contribution in [0.4, 0.5) is 0 Å². The molecule has 0 bridgehead atoms. The number of ether oxygens (including phenoxy) is 2. The van der Waals surface area contributed by atoms with Crippen LogP contribution in [0, 0.1) is 0 Å². The average molecular weight is 710 g/mol. The minimum absolute atomic E-state index is 0.136. The quantitative estimate of drug-likeness (QED) is 0.0254. The molecule has 7 heteroatoms. The van der Waals surface area contributed by atoms with Crippen molar-refractivity contribution in [2.75, 3.05) is 31.5 Å². The second-order valence-corrected chi connectivity index (χ2v) is 15.5. The summed E-state index contributed by atoms with van der Waals surface area (Å²) in [4.78, 5) is 0. The highest BCUT2D eigenvalue weighted by Gasteiger charge is 2.10. The van der Waals surface area contributed by atoms with Gasteiger partial charge in [0.1, 0.15) is 6.29 Å². The fraction of sp³-hybridized carbons (Fsp3) is 0.805.